The first-order chi connectivity index (χ1) is 14.8. The highest BCUT2D eigenvalue weighted by atomic mass is 32.1. The Morgan fingerprint density at radius 1 is 1.26 bits per heavy atom. The maximum Gasteiger partial charge on any atom is 0.264 e. The summed E-state index contributed by atoms with van der Waals surface area (Å²) < 4.78 is 2.26. The molecule has 0 N–H and O–H groups in total. The van der Waals surface area contributed by atoms with Gasteiger partial charge in [-0.05, 0) is 50.8 Å². The third-order valence-corrected chi connectivity index (χ3v) is 6.56. The molecule has 31 heavy (non-hydrogen) atoms. The second kappa shape index (κ2) is 10.3. The first-order valence-corrected chi connectivity index (χ1v) is 11.9. The third kappa shape index (κ3) is 5.84. The van der Waals surface area contributed by atoms with Crippen LogP contribution >= 0.6 is 11.3 Å². The van der Waals surface area contributed by atoms with E-state index in [1.165, 1.54) is 0 Å². The van der Waals surface area contributed by atoms with Gasteiger partial charge in [0.15, 0.2) is 0 Å². The van der Waals surface area contributed by atoms with Crippen molar-refractivity contribution in [1.82, 2.24) is 19.4 Å². The van der Waals surface area contributed by atoms with Gasteiger partial charge in [-0.2, -0.15) is 5.26 Å². The smallest absolute Gasteiger partial charge is 0.264 e. The van der Waals surface area contributed by atoms with Crippen LogP contribution in [0.5, 0.6) is 0 Å². The highest BCUT2D eigenvalue weighted by Crippen LogP contribution is 2.21. The highest BCUT2D eigenvalue weighted by Gasteiger charge is 2.23. The summed E-state index contributed by atoms with van der Waals surface area (Å²) in [6.45, 7) is 15.3. The van der Waals surface area contributed by atoms with Crippen molar-refractivity contribution in [2.45, 2.75) is 54.1 Å². The van der Waals surface area contributed by atoms with Gasteiger partial charge in [-0.15, -0.1) is 11.3 Å². The first kappa shape index (κ1) is 23.2. The van der Waals surface area contributed by atoms with E-state index in [0.29, 0.717) is 19.0 Å². The van der Waals surface area contributed by atoms with E-state index < -0.39 is 0 Å². The average molecular weight is 440 g/mol. The number of hydrogen-bond acceptors (Lipinski definition) is 5. The van der Waals surface area contributed by atoms with Crippen LogP contribution in [0.25, 0.3) is 6.08 Å². The van der Waals surface area contributed by atoms with Crippen LogP contribution in [0, 0.1) is 38.0 Å². The molecule has 2 aromatic heterocycles. The lowest BCUT2D eigenvalue weighted by atomic mass is 10.1. The summed E-state index contributed by atoms with van der Waals surface area (Å²) >= 11 is 1.67. The number of thiazole rings is 1. The predicted octanol–water partition coefficient (Wildman–Crippen LogP) is 4.17. The van der Waals surface area contributed by atoms with Crippen LogP contribution in [0.2, 0.25) is 0 Å². The fraction of sp³-hybridized carbons (Fsp3) is 0.542. The van der Waals surface area contributed by atoms with Gasteiger partial charge in [0.2, 0.25) is 0 Å². The molecule has 6 nitrogen and oxygen atoms in total. The van der Waals surface area contributed by atoms with E-state index >= 15 is 0 Å². The zero-order valence-corrected chi connectivity index (χ0v) is 20.1. The minimum atomic E-state index is -0.164. The molecule has 0 aromatic carbocycles. The lowest BCUT2D eigenvalue weighted by molar-refractivity contribution is -0.126. The molecule has 2 aromatic rings. The van der Waals surface area contributed by atoms with Crippen molar-refractivity contribution in [1.29, 1.82) is 5.26 Å². The summed E-state index contributed by atoms with van der Waals surface area (Å²) in [4.78, 5) is 21.9. The number of nitrogens with zero attached hydrogens (tertiary/aromatic N) is 5. The summed E-state index contributed by atoms with van der Waals surface area (Å²) in [5.41, 5.74) is 4.53. The lowest BCUT2D eigenvalue weighted by Crippen LogP contribution is -2.35. The number of hydrogen-bond donors (Lipinski definition) is 0. The van der Waals surface area contributed by atoms with Crippen LogP contribution in [-0.4, -0.2) is 51.4 Å². The maximum atomic E-state index is 13.1. The van der Waals surface area contributed by atoms with Crippen molar-refractivity contribution >= 4 is 23.3 Å². The molecule has 7 heteroatoms. The Bertz CT molecular complexity index is 994. The van der Waals surface area contributed by atoms with E-state index in [1.807, 2.05) is 11.8 Å². The number of nitriles is 1. The monoisotopic (exact) mass is 439 g/mol. The fourth-order valence-corrected chi connectivity index (χ4v) is 4.73. The Kier molecular flexibility index (Phi) is 7.69. The summed E-state index contributed by atoms with van der Waals surface area (Å²) in [5.74, 6) is 0.370. The predicted molar refractivity (Wildman–Crippen MR) is 126 cm³/mol. The van der Waals surface area contributed by atoms with E-state index in [-0.39, 0.29) is 11.5 Å². The van der Waals surface area contributed by atoms with Gasteiger partial charge in [-0.1, -0.05) is 13.8 Å². The van der Waals surface area contributed by atoms with Crippen LogP contribution in [-0.2, 0) is 17.9 Å². The molecular formula is C24H33N5OS. The Morgan fingerprint density at radius 2 is 2.03 bits per heavy atom. The van der Waals surface area contributed by atoms with E-state index in [9.17, 15) is 10.1 Å². The summed E-state index contributed by atoms with van der Waals surface area (Å²) in [5, 5.41) is 12.9. The Hall–Kier alpha value is -2.43. The van der Waals surface area contributed by atoms with Crippen molar-refractivity contribution in [3.63, 3.8) is 0 Å². The molecule has 0 bridgehead atoms. The molecule has 1 saturated heterocycles. The lowest BCUT2D eigenvalue weighted by Gasteiger charge is -2.21. The quantitative estimate of drug-likeness (QED) is 0.501. The fourth-order valence-electron chi connectivity index (χ4n) is 4.13. The van der Waals surface area contributed by atoms with Gasteiger partial charge in [-0.25, -0.2) is 4.98 Å². The van der Waals surface area contributed by atoms with Crippen LogP contribution in [0.15, 0.2) is 17.0 Å². The molecular weight excluding hydrogens is 406 g/mol. The Balaban J connectivity index is 1.70. The van der Waals surface area contributed by atoms with Gasteiger partial charge in [0.1, 0.15) is 11.6 Å². The molecule has 0 spiro atoms. The van der Waals surface area contributed by atoms with Gasteiger partial charge < -0.3 is 9.47 Å². The van der Waals surface area contributed by atoms with Crippen LogP contribution in [0.1, 0.15) is 47.9 Å². The minimum absolute atomic E-state index is 0.164. The van der Waals surface area contributed by atoms with E-state index in [4.69, 9.17) is 0 Å². The van der Waals surface area contributed by atoms with Gasteiger partial charge in [-0.3, -0.25) is 9.69 Å². The maximum absolute atomic E-state index is 13.1. The summed E-state index contributed by atoms with van der Waals surface area (Å²) in [6, 6.07) is 4.23. The normalized spacial score (nSPS) is 15.9. The number of aromatic nitrogens is 2. The van der Waals surface area contributed by atoms with Gasteiger partial charge >= 0.3 is 0 Å². The molecule has 1 fully saturated rings. The molecule has 1 amide bonds. The van der Waals surface area contributed by atoms with Gasteiger partial charge in [0.25, 0.3) is 5.91 Å². The van der Waals surface area contributed by atoms with Gasteiger partial charge in [0.05, 0.1) is 10.7 Å². The molecule has 3 heterocycles. The number of aryl methyl sites for hydroxylation is 2. The summed E-state index contributed by atoms with van der Waals surface area (Å²) in [7, 11) is 0. The first-order valence-electron chi connectivity index (χ1n) is 11.0. The zero-order chi connectivity index (χ0) is 22.5. The van der Waals surface area contributed by atoms with Crippen LogP contribution in [0.3, 0.4) is 0 Å². The molecule has 0 atom stereocenters. The highest BCUT2D eigenvalue weighted by molar-refractivity contribution is 7.09. The standard InChI is InChI=1S/C24H33N5OS/c1-17(2)14-29-18(3)11-21(19(29)4)12-22(13-25)24(30)28-8-6-7-27(9-10-28)15-23-16-31-20(5)26-23/h11-12,16-17H,6-10,14-15H2,1-5H3/b22-12-. The molecule has 3 rings (SSSR count). The number of amides is 1. The summed E-state index contributed by atoms with van der Waals surface area (Å²) in [6.07, 6.45) is 2.67. The van der Waals surface area contributed by atoms with E-state index in [2.05, 4.69) is 59.7 Å². The molecule has 0 aliphatic carbocycles. The Morgan fingerprint density at radius 3 is 2.68 bits per heavy atom. The zero-order valence-electron chi connectivity index (χ0n) is 19.3. The van der Waals surface area contributed by atoms with E-state index in [0.717, 1.165) is 60.3 Å². The molecule has 1 aliphatic heterocycles. The molecule has 0 saturated carbocycles. The van der Waals surface area contributed by atoms with Crippen LogP contribution in [0.4, 0.5) is 0 Å². The second-order valence-electron chi connectivity index (χ2n) is 8.78. The topological polar surface area (TPSA) is 65.2 Å². The van der Waals surface area contributed by atoms with Crippen molar-refractivity contribution in [3.05, 3.63) is 44.7 Å². The largest absolute Gasteiger partial charge is 0.348 e. The number of carbonyl (C=O) groups is 1. The average Bonchev–Trinajstić information content (AvgIpc) is 3.13. The van der Waals surface area contributed by atoms with Crippen molar-refractivity contribution in [3.8, 4) is 6.07 Å². The minimum Gasteiger partial charge on any atom is -0.348 e. The molecule has 166 valence electrons. The van der Waals surface area contributed by atoms with Crippen molar-refractivity contribution in [2.24, 2.45) is 5.92 Å². The number of carbonyl (C=O) groups excluding carboxylic acids is 1. The van der Waals surface area contributed by atoms with Gasteiger partial charge in [0, 0.05) is 56.0 Å². The Labute approximate surface area is 189 Å². The van der Waals surface area contributed by atoms with Crippen molar-refractivity contribution in [2.75, 3.05) is 26.2 Å². The van der Waals surface area contributed by atoms with Crippen LogP contribution < -0.4 is 0 Å². The second-order valence-corrected chi connectivity index (χ2v) is 9.84. The molecule has 1 aliphatic rings. The van der Waals surface area contributed by atoms with Crippen molar-refractivity contribution < 1.29 is 4.79 Å². The molecule has 0 radical (unpaired) electrons. The third-order valence-electron chi connectivity index (χ3n) is 5.74. The molecule has 0 unspecified atom stereocenters. The van der Waals surface area contributed by atoms with E-state index in [1.54, 1.807) is 17.4 Å². The SMILES string of the molecule is Cc1nc(CN2CCCN(C(=O)/C(C#N)=C\c3cc(C)n(CC(C)C)c3C)CC2)cs1. The number of rotatable bonds is 6.